The molecule has 0 radical (unpaired) electrons. The molecule has 128 valence electrons. The molecule has 24 heavy (non-hydrogen) atoms. The van der Waals surface area contributed by atoms with Gasteiger partial charge in [-0.05, 0) is 56.1 Å². The first-order chi connectivity index (χ1) is 11.7. The summed E-state index contributed by atoms with van der Waals surface area (Å²) in [7, 11) is 0. The highest BCUT2D eigenvalue weighted by Crippen LogP contribution is 2.25. The monoisotopic (exact) mass is 346 g/mol. The third-order valence-corrected chi connectivity index (χ3v) is 4.89. The highest BCUT2D eigenvalue weighted by molar-refractivity contribution is 6.31. The standard InChI is InChI=1S/C19H23ClN2O2/c20-16-7-2-1-6-15(16)9-10-19(23)21-14-17(18-8-5-13-24-18)22-11-3-4-12-22/h1-2,5-8,13,17H,3-4,9-12,14H2,(H,21,23). The molecule has 1 saturated heterocycles. The Kier molecular flexibility index (Phi) is 5.94. The van der Waals surface area contributed by atoms with Gasteiger partial charge in [-0.25, -0.2) is 0 Å². The number of furan rings is 1. The lowest BCUT2D eigenvalue weighted by Crippen LogP contribution is -2.36. The molecule has 1 unspecified atom stereocenters. The van der Waals surface area contributed by atoms with Crippen LogP contribution in [0.3, 0.4) is 0 Å². The Morgan fingerprint density at radius 2 is 2.00 bits per heavy atom. The maximum absolute atomic E-state index is 12.2. The quantitative estimate of drug-likeness (QED) is 0.829. The van der Waals surface area contributed by atoms with Crippen LogP contribution >= 0.6 is 11.6 Å². The van der Waals surface area contributed by atoms with E-state index < -0.39 is 0 Å². The topological polar surface area (TPSA) is 45.5 Å². The van der Waals surface area contributed by atoms with Gasteiger partial charge in [-0.2, -0.15) is 0 Å². The van der Waals surface area contributed by atoms with Crippen LogP contribution in [0.1, 0.15) is 36.6 Å². The largest absolute Gasteiger partial charge is 0.468 e. The molecule has 1 N–H and O–H groups in total. The molecule has 1 aliphatic rings. The summed E-state index contributed by atoms with van der Waals surface area (Å²) in [6.07, 6.45) is 5.20. The fraction of sp³-hybridized carbons (Fsp3) is 0.421. The zero-order valence-electron chi connectivity index (χ0n) is 13.7. The number of nitrogens with one attached hydrogen (secondary N) is 1. The van der Waals surface area contributed by atoms with Gasteiger partial charge >= 0.3 is 0 Å². The fourth-order valence-electron chi connectivity index (χ4n) is 3.19. The van der Waals surface area contributed by atoms with E-state index in [4.69, 9.17) is 16.0 Å². The number of amides is 1. The van der Waals surface area contributed by atoms with Gasteiger partial charge in [0.1, 0.15) is 5.76 Å². The van der Waals surface area contributed by atoms with Crippen molar-refractivity contribution < 1.29 is 9.21 Å². The molecule has 0 bridgehead atoms. The van der Waals surface area contributed by atoms with E-state index in [1.807, 2.05) is 36.4 Å². The molecule has 1 fully saturated rings. The van der Waals surface area contributed by atoms with Crippen molar-refractivity contribution in [1.82, 2.24) is 10.2 Å². The fourth-order valence-corrected chi connectivity index (χ4v) is 3.42. The van der Waals surface area contributed by atoms with Gasteiger partial charge in [0.2, 0.25) is 5.91 Å². The zero-order chi connectivity index (χ0) is 16.8. The summed E-state index contributed by atoms with van der Waals surface area (Å²) in [5.41, 5.74) is 1.01. The summed E-state index contributed by atoms with van der Waals surface area (Å²) in [5.74, 6) is 0.967. The SMILES string of the molecule is O=C(CCc1ccccc1Cl)NCC(c1ccco1)N1CCCC1. The predicted molar refractivity (Wildman–Crippen MR) is 95.0 cm³/mol. The molecule has 0 aliphatic carbocycles. The van der Waals surface area contributed by atoms with Crippen molar-refractivity contribution in [3.05, 3.63) is 59.0 Å². The normalized spacial score (nSPS) is 16.2. The van der Waals surface area contributed by atoms with E-state index in [-0.39, 0.29) is 11.9 Å². The van der Waals surface area contributed by atoms with Gasteiger partial charge in [0, 0.05) is 18.0 Å². The van der Waals surface area contributed by atoms with E-state index in [1.54, 1.807) is 6.26 Å². The second-order valence-electron chi connectivity index (χ2n) is 6.17. The first-order valence-corrected chi connectivity index (χ1v) is 8.89. The summed E-state index contributed by atoms with van der Waals surface area (Å²) in [4.78, 5) is 14.6. The number of carbonyl (C=O) groups is 1. The lowest BCUT2D eigenvalue weighted by Gasteiger charge is -2.26. The minimum absolute atomic E-state index is 0.0469. The smallest absolute Gasteiger partial charge is 0.220 e. The van der Waals surface area contributed by atoms with Crippen LogP contribution in [0.5, 0.6) is 0 Å². The molecule has 0 spiro atoms. The minimum Gasteiger partial charge on any atom is -0.468 e. The molecular weight excluding hydrogens is 324 g/mol. The van der Waals surface area contributed by atoms with Crippen LogP contribution in [0.2, 0.25) is 5.02 Å². The summed E-state index contributed by atoms with van der Waals surface area (Å²) in [6.45, 7) is 2.69. The second kappa shape index (κ2) is 8.36. The van der Waals surface area contributed by atoms with Crippen LogP contribution in [0.25, 0.3) is 0 Å². The highest BCUT2D eigenvalue weighted by atomic mass is 35.5. The summed E-state index contributed by atoms with van der Waals surface area (Å²) in [6, 6.07) is 11.7. The number of hydrogen-bond donors (Lipinski definition) is 1. The number of benzene rings is 1. The molecule has 1 atom stereocenters. The Morgan fingerprint density at radius 3 is 2.71 bits per heavy atom. The van der Waals surface area contributed by atoms with Crippen LogP contribution in [0, 0.1) is 0 Å². The van der Waals surface area contributed by atoms with E-state index in [9.17, 15) is 4.79 Å². The van der Waals surface area contributed by atoms with Crippen LogP contribution in [-0.4, -0.2) is 30.4 Å². The number of rotatable bonds is 7. The number of carbonyl (C=O) groups excluding carboxylic acids is 1. The van der Waals surface area contributed by atoms with Crippen molar-refractivity contribution in [2.45, 2.75) is 31.7 Å². The molecule has 1 amide bonds. The van der Waals surface area contributed by atoms with E-state index in [1.165, 1.54) is 12.8 Å². The molecule has 1 aromatic carbocycles. The summed E-state index contributed by atoms with van der Waals surface area (Å²) >= 11 is 6.14. The van der Waals surface area contributed by atoms with Crippen LogP contribution < -0.4 is 5.32 Å². The van der Waals surface area contributed by atoms with Gasteiger partial charge < -0.3 is 9.73 Å². The van der Waals surface area contributed by atoms with Crippen molar-refractivity contribution in [3.63, 3.8) is 0 Å². The second-order valence-corrected chi connectivity index (χ2v) is 6.58. The molecule has 1 aliphatic heterocycles. The summed E-state index contributed by atoms with van der Waals surface area (Å²) in [5, 5.41) is 3.77. The lowest BCUT2D eigenvalue weighted by atomic mass is 10.1. The van der Waals surface area contributed by atoms with Crippen LogP contribution in [-0.2, 0) is 11.2 Å². The first kappa shape index (κ1) is 17.1. The molecule has 2 heterocycles. The van der Waals surface area contributed by atoms with Gasteiger partial charge in [0.25, 0.3) is 0 Å². The maximum atomic E-state index is 12.2. The van der Waals surface area contributed by atoms with E-state index in [2.05, 4.69) is 10.2 Å². The number of halogens is 1. The number of hydrogen-bond acceptors (Lipinski definition) is 3. The van der Waals surface area contributed by atoms with E-state index in [0.29, 0.717) is 19.4 Å². The molecule has 4 nitrogen and oxygen atoms in total. The highest BCUT2D eigenvalue weighted by Gasteiger charge is 2.25. The van der Waals surface area contributed by atoms with Crippen LogP contribution in [0.4, 0.5) is 0 Å². The Morgan fingerprint density at radius 1 is 1.21 bits per heavy atom. The Balaban J connectivity index is 1.52. The maximum Gasteiger partial charge on any atom is 0.220 e. The predicted octanol–water partition coefficient (Wildman–Crippen LogP) is 3.82. The van der Waals surface area contributed by atoms with Gasteiger partial charge in [0.05, 0.1) is 12.3 Å². The third-order valence-electron chi connectivity index (χ3n) is 4.52. The van der Waals surface area contributed by atoms with Gasteiger partial charge in [-0.3, -0.25) is 9.69 Å². The van der Waals surface area contributed by atoms with E-state index in [0.717, 1.165) is 29.4 Å². The average molecular weight is 347 g/mol. The molecule has 0 saturated carbocycles. The number of aryl methyl sites for hydroxylation is 1. The lowest BCUT2D eigenvalue weighted by molar-refractivity contribution is -0.121. The first-order valence-electron chi connectivity index (χ1n) is 8.51. The van der Waals surface area contributed by atoms with Crippen molar-refractivity contribution >= 4 is 17.5 Å². The zero-order valence-corrected chi connectivity index (χ0v) is 14.5. The number of likely N-dealkylation sites (tertiary alicyclic amines) is 1. The average Bonchev–Trinajstić information content (AvgIpc) is 3.28. The van der Waals surface area contributed by atoms with Gasteiger partial charge in [-0.15, -0.1) is 0 Å². The molecule has 2 aromatic rings. The van der Waals surface area contributed by atoms with Crippen LogP contribution in [0.15, 0.2) is 47.1 Å². The molecular formula is C19H23ClN2O2. The molecule has 3 rings (SSSR count). The Labute approximate surface area is 147 Å². The third kappa shape index (κ3) is 4.40. The Hall–Kier alpha value is -1.78. The molecule has 1 aromatic heterocycles. The number of nitrogens with zero attached hydrogens (tertiary/aromatic N) is 1. The van der Waals surface area contributed by atoms with Crippen molar-refractivity contribution in [2.24, 2.45) is 0 Å². The van der Waals surface area contributed by atoms with Crippen molar-refractivity contribution in [2.75, 3.05) is 19.6 Å². The summed E-state index contributed by atoms with van der Waals surface area (Å²) < 4.78 is 5.57. The van der Waals surface area contributed by atoms with Crippen molar-refractivity contribution in [1.29, 1.82) is 0 Å². The van der Waals surface area contributed by atoms with Crippen molar-refractivity contribution in [3.8, 4) is 0 Å². The Bertz CT molecular complexity index is 651. The van der Waals surface area contributed by atoms with Gasteiger partial charge in [-0.1, -0.05) is 29.8 Å². The minimum atomic E-state index is 0.0469. The molecule has 5 heteroatoms. The van der Waals surface area contributed by atoms with Gasteiger partial charge in [0.15, 0.2) is 0 Å². The van der Waals surface area contributed by atoms with E-state index >= 15 is 0 Å².